The number of para-hydroxylation sites is 2. The fourth-order valence-corrected chi connectivity index (χ4v) is 4.01. The van der Waals surface area contributed by atoms with Crippen LogP contribution < -0.4 is 15.1 Å². The van der Waals surface area contributed by atoms with Gasteiger partial charge in [-0.05, 0) is 49.1 Å². The molecule has 156 valence electrons. The van der Waals surface area contributed by atoms with Crippen molar-refractivity contribution in [2.45, 2.75) is 13.3 Å². The summed E-state index contributed by atoms with van der Waals surface area (Å²) in [7, 11) is 1.70. The molecule has 3 aromatic rings. The minimum absolute atomic E-state index is 0.119. The number of carbonyl (C=O) groups excluding carboxylic acids is 2. The van der Waals surface area contributed by atoms with Gasteiger partial charge in [0, 0.05) is 32.4 Å². The summed E-state index contributed by atoms with van der Waals surface area (Å²) in [4.78, 5) is 30.0. The summed E-state index contributed by atoms with van der Waals surface area (Å²) in [5.74, 6) is -0.286. The summed E-state index contributed by atoms with van der Waals surface area (Å²) in [6, 6.07) is 21.1. The first-order valence-corrected chi connectivity index (χ1v) is 11.0. The second-order valence-electron chi connectivity index (χ2n) is 6.88. The third-order valence-corrected chi connectivity index (χ3v) is 5.80. The van der Waals surface area contributed by atoms with Gasteiger partial charge in [0.2, 0.25) is 0 Å². The first-order chi connectivity index (χ1) is 14.6. The molecule has 0 spiro atoms. The van der Waals surface area contributed by atoms with Crippen molar-refractivity contribution in [3.05, 3.63) is 82.6 Å². The Morgan fingerprint density at radius 1 is 0.967 bits per heavy atom. The number of nitrogens with one attached hydrogen (secondary N) is 1. The quantitative estimate of drug-likeness (QED) is 0.511. The number of hydrogen-bond donors (Lipinski definition) is 1. The maximum Gasteiger partial charge on any atom is 0.268 e. The van der Waals surface area contributed by atoms with Gasteiger partial charge >= 0.3 is 0 Å². The topological polar surface area (TPSA) is 52.7 Å². The van der Waals surface area contributed by atoms with E-state index in [1.54, 1.807) is 25.2 Å². The Bertz CT molecular complexity index is 958. The van der Waals surface area contributed by atoms with Crippen molar-refractivity contribution in [1.82, 2.24) is 5.32 Å². The largest absolute Gasteiger partial charge is 0.372 e. The summed E-state index contributed by atoms with van der Waals surface area (Å²) < 4.78 is 0. The van der Waals surface area contributed by atoms with Crippen molar-refractivity contribution in [3.63, 3.8) is 0 Å². The van der Waals surface area contributed by atoms with Crippen LogP contribution in [-0.2, 0) is 0 Å². The van der Waals surface area contributed by atoms with Gasteiger partial charge < -0.3 is 15.1 Å². The average Bonchev–Trinajstić information content (AvgIpc) is 3.33. The first kappa shape index (κ1) is 21.6. The van der Waals surface area contributed by atoms with Crippen LogP contribution in [0.3, 0.4) is 0 Å². The van der Waals surface area contributed by atoms with Crippen molar-refractivity contribution in [2.24, 2.45) is 0 Å². The second-order valence-corrected chi connectivity index (χ2v) is 7.83. The highest BCUT2D eigenvalue weighted by molar-refractivity contribution is 7.12. The molecule has 1 N–H and O–H groups in total. The number of amides is 2. The van der Waals surface area contributed by atoms with Crippen molar-refractivity contribution in [2.75, 3.05) is 36.5 Å². The molecule has 30 heavy (non-hydrogen) atoms. The first-order valence-electron chi connectivity index (χ1n) is 10.1. The van der Waals surface area contributed by atoms with E-state index in [4.69, 9.17) is 0 Å². The normalized spacial score (nSPS) is 10.5. The Morgan fingerprint density at radius 2 is 1.70 bits per heavy atom. The molecule has 0 aliphatic rings. The van der Waals surface area contributed by atoms with Crippen molar-refractivity contribution in [3.8, 4) is 0 Å². The van der Waals surface area contributed by atoms with E-state index in [0.717, 1.165) is 19.5 Å². The van der Waals surface area contributed by atoms with Crippen LogP contribution >= 0.6 is 11.3 Å². The van der Waals surface area contributed by atoms with Crippen molar-refractivity contribution in [1.29, 1.82) is 0 Å². The Balaban J connectivity index is 1.59. The van der Waals surface area contributed by atoms with Crippen LogP contribution in [0.25, 0.3) is 0 Å². The predicted molar refractivity (Wildman–Crippen MR) is 125 cm³/mol. The lowest BCUT2D eigenvalue weighted by molar-refractivity contribution is 0.0954. The number of hydrogen-bond acceptors (Lipinski definition) is 4. The molecule has 1 heterocycles. The SMILES string of the molecule is CCN(CCCNC(=O)c1ccccc1N(C)C(=O)c1cccs1)c1ccccc1. The Labute approximate surface area is 181 Å². The van der Waals surface area contributed by atoms with E-state index < -0.39 is 0 Å². The van der Waals surface area contributed by atoms with Gasteiger partial charge in [-0.2, -0.15) is 0 Å². The van der Waals surface area contributed by atoms with Crippen molar-refractivity contribution >= 4 is 34.5 Å². The Hall–Kier alpha value is -3.12. The van der Waals surface area contributed by atoms with Gasteiger partial charge in [-0.3, -0.25) is 9.59 Å². The van der Waals surface area contributed by atoms with Crippen LogP contribution in [0.15, 0.2) is 72.1 Å². The van der Waals surface area contributed by atoms with E-state index >= 15 is 0 Å². The van der Waals surface area contributed by atoms with Crippen LogP contribution in [0.1, 0.15) is 33.4 Å². The number of anilines is 2. The number of nitrogens with zero attached hydrogens (tertiary/aromatic N) is 2. The van der Waals surface area contributed by atoms with Crippen LogP contribution in [0, 0.1) is 0 Å². The summed E-state index contributed by atoms with van der Waals surface area (Å²) in [6.45, 7) is 4.47. The summed E-state index contributed by atoms with van der Waals surface area (Å²) >= 11 is 1.39. The minimum Gasteiger partial charge on any atom is -0.372 e. The highest BCUT2D eigenvalue weighted by Crippen LogP contribution is 2.22. The smallest absolute Gasteiger partial charge is 0.268 e. The molecular formula is C24H27N3O2S. The van der Waals surface area contributed by atoms with Crippen LogP contribution in [0.4, 0.5) is 11.4 Å². The second kappa shape index (κ2) is 10.6. The predicted octanol–water partition coefficient (Wildman–Crippen LogP) is 4.67. The lowest BCUT2D eigenvalue weighted by atomic mass is 10.1. The fourth-order valence-electron chi connectivity index (χ4n) is 3.31. The molecular weight excluding hydrogens is 394 g/mol. The lowest BCUT2D eigenvalue weighted by Crippen LogP contribution is -2.32. The zero-order chi connectivity index (χ0) is 21.3. The highest BCUT2D eigenvalue weighted by Gasteiger charge is 2.20. The molecule has 0 atom stereocenters. The lowest BCUT2D eigenvalue weighted by Gasteiger charge is -2.23. The van der Waals surface area contributed by atoms with Gasteiger partial charge in [0.1, 0.15) is 0 Å². The molecule has 0 saturated carbocycles. The van der Waals surface area contributed by atoms with Crippen molar-refractivity contribution < 1.29 is 9.59 Å². The molecule has 0 saturated heterocycles. The zero-order valence-electron chi connectivity index (χ0n) is 17.4. The van der Waals surface area contributed by atoms with Gasteiger partial charge in [0.05, 0.1) is 16.1 Å². The van der Waals surface area contributed by atoms with Gasteiger partial charge in [-0.1, -0.05) is 36.4 Å². The maximum atomic E-state index is 12.8. The Kier molecular flexibility index (Phi) is 7.63. The molecule has 1 aromatic heterocycles. The summed E-state index contributed by atoms with van der Waals surface area (Å²) in [5, 5.41) is 4.87. The average molecular weight is 422 g/mol. The highest BCUT2D eigenvalue weighted by atomic mass is 32.1. The third-order valence-electron chi connectivity index (χ3n) is 4.94. The van der Waals surface area contributed by atoms with Gasteiger partial charge in [-0.15, -0.1) is 11.3 Å². The van der Waals surface area contributed by atoms with Crippen LogP contribution in [0.2, 0.25) is 0 Å². The number of carbonyl (C=O) groups is 2. The van der Waals surface area contributed by atoms with Gasteiger partial charge in [-0.25, -0.2) is 0 Å². The van der Waals surface area contributed by atoms with Gasteiger partial charge in [0.25, 0.3) is 11.8 Å². The number of rotatable bonds is 9. The molecule has 0 unspecified atom stereocenters. The van der Waals surface area contributed by atoms with E-state index in [0.29, 0.717) is 22.7 Å². The Morgan fingerprint density at radius 3 is 2.40 bits per heavy atom. The summed E-state index contributed by atoms with van der Waals surface area (Å²) in [5.41, 5.74) is 2.29. The molecule has 6 heteroatoms. The molecule has 3 rings (SSSR count). The maximum absolute atomic E-state index is 12.8. The van der Waals surface area contributed by atoms with Gasteiger partial charge in [0.15, 0.2) is 0 Å². The minimum atomic E-state index is -0.167. The molecule has 2 amide bonds. The van der Waals surface area contributed by atoms with E-state index in [1.807, 2.05) is 41.8 Å². The van der Waals surface area contributed by atoms with Crippen LogP contribution in [-0.4, -0.2) is 38.5 Å². The molecule has 5 nitrogen and oxygen atoms in total. The van der Waals surface area contributed by atoms with E-state index in [1.165, 1.54) is 21.9 Å². The molecule has 0 radical (unpaired) electrons. The fraction of sp³-hybridized carbons (Fsp3) is 0.250. The molecule has 2 aromatic carbocycles. The zero-order valence-corrected chi connectivity index (χ0v) is 18.2. The third kappa shape index (κ3) is 5.27. The van der Waals surface area contributed by atoms with E-state index in [9.17, 15) is 9.59 Å². The molecule has 0 bridgehead atoms. The summed E-state index contributed by atoms with van der Waals surface area (Å²) in [6.07, 6.45) is 0.834. The number of benzene rings is 2. The van der Waals surface area contributed by atoms with Crippen LogP contribution in [0.5, 0.6) is 0 Å². The molecule has 0 aliphatic heterocycles. The van der Waals surface area contributed by atoms with E-state index in [2.05, 4.69) is 29.3 Å². The standard InChI is InChI=1S/C24H27N3O2S/c1-3-27(19-11-5-4-6-12-19)17-10-16-25-23(28)20-13-7-8-14-21(20)26(2)24(29)22-15-9-18-30-22/h4-9,11-15,18H,3,10,16-17H2,1-2H3,(H,25,28). The number of thiophene rings is 1. The van der Waals surface area contributed by atoms with E-state index in [-0.39, 0.29) is 11.8 Å². The monoisotopic (exact) mass is 421 g/mol. The molecule has 0 fully saturated rings. The molecule has 0 aliphatic carbocycles.